The Morgan fingerprint density at radius 2 is 2.06 bits per heavy atom. The molecule has 3 amide bonds. The summed E-state index contributed by atoms with van der Waals surface area (Å²) >= 11 is 0. The van der Waals surface area contributed by atoms with Gasteiger partial charge in [0.05, 0.1) is 0 Å². The third-order valence-electron chi connectivity index (χ3n) is 5.58. The van der Waals surface area contributed by atoms with Gasteiger partial charge in [-0.2, -0.15) is 0 Å². The molecule has 0 aromatic carbocycles. The lowest BCUT2D eigenvalue weighted by molar-refractivity contribution is -0.162. The van der Waals surface area contributed by atoms with E-state index in [0.717, 1.165) is 6.42 Å². The number of amides is 3. The molecule has 3 aliphatic rings. The smallest absolute Gasteiger partial charge is 0.322 e. The minimum atomic E-state index is -1.26. The number of rotatable bonds is 1. The lowest BCUT2D eigenvalue weighted by atomic mass is 9.61. The van der Waals surface area contributed by atoms with Crippen LogP contribution in [0.25, 0.3) is 0 Å². The van der Waals surface area contributed by atoms with Gasteiger partial charge in [-0.3, -0.25) is 14.9 Å². The summed E-state index contributed by atoms with van der Waals surface area (Å²) in [6, 6.07) is -0.580. The Bertz CT molecular complexity index is 486. The molecule has 0 aromatic heterocycles. The number of carboxylic acid groups (broad SMARTS) is 1. The van der Waals surface area contributed by atoms with Crippen molar-refractivity contribution in [3.63, 3.8) is 0 Å². The van der Waals surface area contributed by atoms with Crippen molar-refractivity contribution in [3.8, 4) is 0 Å². The van der Waals surface area contributed by atoms with Crippen LogP contribution in [-0.4, -0.2) is 28.6 Å². The van der Waals surface area contributed by atoms with Gasteiger partial charge in [0, 0.05) is 0 Å². The van der Waals surface area contributed by atoms with E-state index in [4.69, 9.17) is 0 Å². The average Bonchev–Trinajstić information content (AvgIpc) is 2.73. The molecule has 6 heteroatoms. The molecule has 3 fully saturated rings. The minimum absolute atomic E-state index is 0.151. The van der Waals surface area contributed by atoms with Crippen molar-refractivity contribution in [2.24, 2.45) is 16.7 Å². The summed E-state index contributed by atoms with van der Waals surface area (Å²) in [5.74, 6) is -1.31. The van der Waals surface area contributed by atoms with E-state index in [1.165, 1.54) is 0 Å². The summed E-state index contributed by atoms with van der Waals surface area (Å²) in [5, 5.41) is 14.5. The molecule has 0 radical (unpaired) electrons. The molecule has 3 atom stereocenters. The highest BCUT2D eigenvalue weighted by Crippen LogP contribution is 2.70. The van der Waals surface area contributed by atoms with E-state index in [0.29, 0.717) is 12.8 Å². The molecule has 1 heterocycles. The van der Waals surface area contributed by atoms with Gasteiger partial charge >= 0.3 is 12.0 Å². The molecule has 18 heavy (non-hydrogen) atoms. The fourth-order valence-electron chi connectivity index (χ4n) is 4.59. The van der Waals surface area contributed by atoms with E-state index in [1.54, 1.807) is 0 Å². The number of urea groups is 1. The first kappa shape index (κ1) is 11.5. The number of imide groups is 1. The molecule has 1 aliphatic heterocycles. The second-order valence-electron chi connectivity index (χ2n) is 6.19. The largest absolute Gasteiger partial charge is 0.481 e. The van der Waals surface area contributed by atoms with E-state index in [2.05, 4.69) is 10.6 Å². The minimum Gasteiger partial charge on any atom is -0.481 e. The fourth-order valence-corrected chi connectivity index (χ4v) is 4.59. The molecular formula is C12H16N2O4. The lowest BCUT2D eigenvalue weighted by Crippen LogP contribution is -2.63. The molecule has 3 rings (SSSR count). The van der Waals surface area contributed by atoms with Gasteiger partial charge < -0.3 is 10.4 Å². The van der Waals surface area contributed by atoms with Gasteiger partial charge in [0.2, 0.25) is 0 Å². The first-order valence-corrected chi connectivity index (χ1v) is 6.15. The SMILES string of the molecule is CC1(C)[C@H]2CC[C@@]1(C(=O)O)[C@@]1(C2)NC(=O)NC1=O. The fraction of sp³-hybridized carbons (Fsp3) is 0.750. The predicted octanol–water partition coefficient (Wildman–Crippen LogP) is 0.476. The van der Waals surface area contributed by atoms with Crippen LogP contribution in [0.15, 0.2) is 0 Å². The topological polar surface area (TPSA) is 95.5 Å². The predicted molar refractivity (Wildman–Crippen MR) is 60.6 cm³/mol. The number of hydrogen-bond acceptors (Lipinski definition) is 3. The molecule has 6 nitrogen and oxygen atoms in total. The Labute approximate surface area is 104 Å². The summed E-state index contributed by atoms with van der Waals surface area (Å²) in [6.07, 6.45) is 1.65. The Morgan fingerprint density at radius 3 is 2.50 bits per heavy atom. The van der Waals surface area contributed by atoms with Gasteiger partial charge in [0.15, 0.2) is 0 Å². The maximum absolute atomic E-state index is 12.1. The van der Waals surface area contributed by atoms with Crippen LogP contribution < -0.4 is 10.6 Å². The van der Waals surface area contributed by atoms with Crippen molar-refractivity contribution in [1.82, 2.24) is 10.6 Å². The summed E-state index contributed by atoms with van der Waals surface area (Å²) in [4.78, 5) is 35.4. The molecule has 2 aliphatic carbocycles. The highest BCUT2D eigenvalue weighted by molar-refractivity contribution is 6.10. The molecule has 0 unspecified atom stereocenters. The Hall–Kier alpha value is -1.59. The Balaban J connectivity index is 2.22. The van der Waals surface area contributed by atoms with E-state index in [9.17, 15) is 19.5 Å². The Kier molecular flexibility index (Phi) is 1.83. The number of carboxylic acids is 1. The van der Waals surface area contributed by atoms with Crippen molar-refractivity contribution in [3.05, 3.63) is 0 Å². The van der Waals surface area contributed by atoms with Crippen molar-refractivity contribution >= 4 is 17.9 Å². The van der Waals surface area contributed by atoms with Gasteiger partial charge in [-0.05, 0) is 30.6 Å². The molecule has 2 bridgehead atoms. The van der Waals surface area contributed by atoms with Crippen LogP contribution in [0.5, 0.6) is 0 Å². The molecule has 1 saturated heterocycles. The third kappa shape index (κ3) is 0.875. The van der Waals surface area contributed by atoms with Gasteiger partial charge in [0.25, 0.3) is 5.91 Å². The van der Waals surface area contributed by atoms with Crippen LogP contribution in [0.3, 0.4) is 0 Å². The van der Waals surface area contributed by atoms with E-state index in [1.807, 2.05) is 13.8 Å². The molecule has 1 spiro atoms. The standard InChI is InChI=1S/C12H16N2O4/c1-10(2)6-3-4-11(10,8(16)17)12(5-6)7(15)13-9(18)14-12/h6H,3-5H2,1-2H3,(H,16,17)(H2,13,14,15,18)/t6-,11-,12-/m0/s1. The number of carbonyl (C=O) groups excluding carboxylic acids is 2. The highest BCUT2D eigenvalue weighted by atomic mass is 16.4. The second kappa shape index (κ2) is 2.87. The maximum atomic E-state index is 12.1. The molecule has 2 saturated carbocycles. The number of nitrogens with one attached hydrogen (secondary N) is 2. The summed E-state index contributed by atoms with van der Waals surface area (Å²) in [7, 11) is 0. The van der Waals surface area contributed by atoms with E-state index < -0.39 is 34.3 Å². The van der Waals surface area contributed by atoms with Gasteiger partial charge in [-0.1, -0.05) is 13.8 Å². The normalized spacial score (nSPS) is 44.2. The average molecular weight is 252 g/mol. The Morgan fingerprint density at radius 1 is 1.39 bits per heavy atom. The van der Waals surface area contributed by atoms with Gasteiger partial charge in [-0.25, -0.2) is 4.79 Å². The quantitative estimate of drug-likeness (QED) is 0.591. The number of carbonyl (C=O) groups is 3. The van der Waals surface area contributed by atoms with Crippen molar-refractivity contribution < 1.29 is 19.5 Å². The van der Waals surface area contributed by atoms with Crippen LogP contribution in [0.2, 0.25) is 0 Å². The maximum Gasteiger partial charge on any atom is 0.322 e. The highest BCUT2D eigenvalue weighted by Gasteiger charge is 2.79. The first-order valence-electron chi connectivity index (χ1n) is 6.15. The third-order valence-corrected chi connectivity index (χ3v) is 5.58. The number of aliphatic carboxylic acids is 1. The lowest BCUT2D eigenvalue weighted by Gasteiger charge is -2.43. The molecule has 98 valence electrons. The van der Waals surface area contributed by atoms with Crippen molar-refractivity contribution in [2.45, 2.75) is 38.6 Å². The molecular weight excluding hydrogens is 236 g/mol. The molecule has 3 N–H and O–H groups in total. The summed E-state index contributed by atoms with van der Waals surface area (Å²) < 4.78 is 0. The van der Waals surface area contributed by atoms with Crippen LogP contribution in [0.1, 0.15) is 33.1 Å². The van der Waals surface area contributed by atoms with Gasteiger partial charge in [-0.15, -0.1) is 0 Å². The zero-order valence-corrected chi connectivity index (χ0v) is 10.4. The van der Waals surface area contributed by atoms with Crippen molar-refractivity contribution in [1.29, 1.82) is 0 Å². The van der Waals surface area contributed by atoms with Crippen molar-refractivity contribution in [2.75, 3.05) is 0 Å². The molecule has 0 aromatic rings. The summed E-state index contributed by atoms with van der Waals surface area (Å²) in [6.45, 7) is 3.79. The van der Waals surface area contributed by atoms with E-state index in [-0.39, 0.29) is 5.92 Å². The van der Waals surface area contributed by atoms with E-state index >= 15 is 0 Å². The van der Waals surface area contributed by atoms with Crippen LogP contribution in [0, 0.1) is 16.7 Å². The second-order valence-corrected chi connectivity index (χ2v) is 6.19. The van der Waals surface area contributed by atoms with Crippen LogP contribution in [0.4, 0.5) is 4.79 Å². The zero-order valence-electron chi connectivity index (χ0n) is 10.4. The zero-order chi connectivity index (χ0) is 13.3. The van der Waals surface area contributed by atoms with Gasteiger partial charge in [0.1, 0.15) is 11.0 Å². The number of hydrogen-bond donors (Lipinski definition) is 3. The van der Waals surface area contributed by atoms with Crippen LogP contribution >= 0.6 is 0 Å². The monoisotopic (exact) mass is 252 g/mol. The summed E-state index contributed by atoms with van der Waals surface area (Å²) in [5.41, 5.74) is -2.95. The van der Waals surface area contributed by atoms with Crippen LogP contribution in [-0.2, 0) is 9.59 Å². The first-order chi connectivity index (χ1) is 8.28. The number of fused-ring (bicyclic) bond motifs is 3.